The third-order valence-electron chi connectivity index (χ3n) is 0. The first-order valence-electron chi connectivity index (χ1n) is 0.228. The fourth-order valence-electron chi connectivity index (χ4n) is 0. The Balaban J connectivity index is 0. The molecule has 1 radical (unpaired) electrons. The summed E-state index contributed by atoms with van der Waals surface area (Å²) in [6, 6.07) is 0. The van der Waals surface area contributed by atoms with Crippen LogP contribution in [-0.4, -0.2) is 58.2 Å². The van der Waals surface area contributed by atoms with Gasteiger partial charge in [0.25, 0.3) is 0 Å². The van der Waals surface area contributed by atoms with Gasteiger partial charge in [-0.2, -0.15) is 0 Å². The van der Waals surface area contributed by atoms with Crippen LogP contribution in [0.1, 0.15) is 0 Å². The van der Waals surface area contributed by atoms with E-state index in [0.717, 1.165) is 0 Å². The summed E-state index contributed by atoms with van der Waals surface area (Å²) in [4.78, 5) is 0. The standard InChI is InChI=1S/ClH.Cu.HI.Rb/h1H;;1H;/q;+2;;/p-2. The minimum atomic E-state index is 0. The molecule has 0 spiro atoms. The zero-order chi connectivity index (χ0) is 2.71. The summed E-state index contributed by atoms with van der Waals surface area (Å²) >= 11 is 1.96. The molecule has 0 rings (SSSR count). The summed E-state index contributed by atoms with van der Waals surface area (Å²) in [5, 5.41) is 0. The largest absolute Gasteiger partial charge is 0 e. The van der Waals surface area contributed by atoms with Crippen LogP contribution < -0.4 is 0 Å². The molecular formula is ClCuIRb. The van der Waals surface area contributed by atoms with Gasteiger partial charge in [-0.3, -0.25) is 0 Å². The molecule has 0 atom stereocenters. The molecule has 0 heterocycles. The summed E-state index contributed by atoms with van der Waals surface area (Å²) in [6.07, 6.45) is 0. The van der Waals surface area contributed by atoms with Crippen molar-refractivity contribution in [2.45, 2.75) is 0 Å². The van der Waals surface area contributed by atoms with Gasteiger partial charge in [0.05, 0.1) is 0 Å². The molecule has 4 heavy (non-hydrogen) atoms. The van der Waals surface area contributed by atoms with Gasteiger partial charge in [-0.1, -0.05) is 0 Å². The van der Waals surface area contributed by atoms with Crippen LogP contribution in [0.3, 0.4) is 0 Å². The van der Waals surface area contributed by atoms with E-state index in [4.69, 9.17) is 10.1 Å². The molecule has 4 heteroatoms. The fraction of sp³-hybridized carbons (Fsp3) is 0. The molecule has 0 unspecified atom stereocenters. The van der Waals surface area contributed by atoms with E-state index in [1.165, 1.54) is 10.8 Å². The quantitative estimate of drug-likeness (QED) is 0.466. The Labute approximate surface area is 96.3 Å². The summed E-state index contributed by atoms with van der Waals surface area (Å²) in [7, 11) is 6.15. The molecule has 0 N–H and O–H groups in total. The molecule has 26 valence electrons. The molecule has 0 aromatic heterocycles. The van der Waals surface area contributed by atoms with E-state index in [1.54, 1.807) is 0 Å². The van der Waals surface area contributed by atoms with Crippen LogP contribution in [0.5, 0.6) is 0 Å². The van der Waals surface area contributed by atoms with Gasteiger partial charge in [-0.05, 0) is 0 Å². The first kappa shape index (κ1) is 10.4. The van der Waals surface area contributed by atoms with Crippen molar-refractivity contribution in [3.05, 3.63) is 0 Å². The van der Waals surface area contributed by atoms with Crippen molar-refractivity contribution in [3.63, 3.8) is 0 Å². The Morgan fingerprint density at radius 1 is 1.75 bits per heavy atom. The summed E-state index contributed by atoms with van der Waals surface area (Å²) in [6.45, 7) is 0. The number of halogens is 2. The molecule has 0 bridgehead atoms. The molecule has 0 aromatic carbocycles. The molecule has 0 aliphatic rings. The Hall–Kier alpha value is 3.34. The van der Waals surface area contributed by atoms with Gasteiger partial charge in [-0.15, -0.1) is 0 Å². The molecule has 0 saturated carbocycles. The van der Waals surface area contributed by atoms with Crippen LogP contribution in [0.2, 0.25) is 0 Å². The van der Waals surface area contributed by atoms with Crippen LogP contribution in [0.4, 0.5) is 0 Å². The Morgan fingerprint density at radius 2 is 1.75 bits per heavy atom. The first-order chi connectivity index (χ1) is 1.41. The molecule has 0 nitrogen and oxygen atoms in total. The third-order valence-corrected chi connectivity index (χ3v) is 0. The van der Waals surface area contributed by atoms with Crippen LogP contribution in [0, 0.1) is 0 Å². The Kier molecular flexibility index (Phi) is 24.8. The van der Waals surface area contributed by atoms with Crippen molar-refractivity contribution in [1.29, 1.82) is 0 Å². The van der Waals surface area contributed by atoms with Gasteiger partial charge < -0.3 is 0 Å². The average molecular weight is 311 g/mol. The van der Waals surface area contributed by atoms with Gasteiger partial charge >= 0.3 is 41.2 Å². The minimum absolute atomic E-state index is 0. The van der Waals surface area contributed by atoms with Crippen LogP contribution >= 0.6 is 30.4 Å². The van der Waals surface area contributed by atoms with E-state index in [9.17, 15) is 0 Å². The fourth-order valence-corrected chi connectivity index (χ4v) is 0. The third kappa shape index (κ3) is 9.02. The monoisotopic (exact) mass is 310 g/mol. The number of hydrogen-bond acceptors (Lipinski definition) is 0. The zero-order valence-corrected chi connectivity index (χ0v) is 10.8. The van der Waals surface area contributed by atoms with Crippen molar-refractivity contribution >= 4 is 88.6 Å². The Bertz CT molecular complexity index is 8.00. The maximum Gasteiger partial charge on any atom is 0 e. The van der Waals surface area contributed by atoms with E-state index in [0.29, 0.717) is 0 Å². The molecule has 0 fully saturated rings. The molecule has 0 saturated heterocycles. The molecular weight excluding hydrogens is 311 g/mol. The summed E-state index contributed by atoms with van der Waals surface area (Å²) in [5.41, 5.74) is 0. The van der Waals surface area contributed by atoms with Crippen molar-refractivity contribution < 1.29 is 10.8 Å². The van der Waals surface area contributed by atoms with Gasteiger partial charge in [0.2, 0.25) is 0 Å². The van der Waals surface area contributed by atoms with E-state index in [-0.39, 0.29) is 58.2 Å². The van der Waals surface area contributed by atoms with Crippen molar-refractivity contribution in [1.82, 2.24) is 0 Å². The van der Waals surface area contributed by atoms with E-state index in [2.05, 4.69) is 0 Å². The van der Waals surface area contributed by atoms with Crippen LogP contribution in [0.25, 0.3) is 0 Å². The van der Waals surface area contributed by atoms with Gasteiger partial charge in [-0.25, -0.2) is 0 Å². The van der Waals surface area contributed by atoms with Crippen molar-refractivity contribution in [2.24, 2.45) is 0 Å². The van der Waals surface area contributed by atoms with E-state index in [1.807, 2.05) is 20.3 Å². The molecule has 0 aromatic rings. The second-order valence-corrected chi connectivity index (χ2v) is 3.57. The van der Waals surface area contributed by atoms with Crippen molar-refractivity contribution in [3.8, 4) is 0 Å². The van der Waals surface area contributed by atoms with Gasteiger partial charge in [0.1, 0.15) is 0 Å². The predicted molar refractivity (Wildman–Crippen MR) is 25.6 cm³/mol. The molecule has 0 aliphatic carbocycles. The van der Waals surface area contributed by atoms with Gasteiger partial charge in [0, 0.05) is 58.2 Å². The van der Waals surface area contributed by atoms with Crippen LogP contribution in [-0.2, 0) is 10.8 Å². The van der Waals surface area contributed by atoms with E-state index < -0.39 is 0 Å². The van der Waals surface area contributed by atoms with Crippen LogP contribution in [0.15, 0.2) is 0 Å². The molecule has 0 aliphatic heterocycles. The maximum absolute atomic E-state index is 4.89. The maximum atomic E-state index is 4.89. The first-order valence-corrected chi connectivity index (χ1v) is 4.56. The minimum Gasteiger partial charge on any atom is 0 e. The van der Waals surface area contributed by atoms with E-state index >= 15 is 0 Å². The van der Waals surface area contributed by atoms with Crippen molar-refractivity contribution in [2.75, 3.05) is 0 Å². The topological polar surface area (TPSA) is 0 Å². The second kappa shape index (κ2) is 9.60. The number of rotatable bonds is 0. The molecule has 0 amide bonds. The van der Waals surface area contributed by atoms with Gasteiger partial charge in [0.15, 0.2) is 0 Å². The summed E-state index contributed by atoms with van der Waals surface area (Å²) < 4.78 is 0. The normalized spacial score (nSPS) is 5.50. The Morgan fingerprint density at radius 3 is 1.75 bits per heavy atom. The SMILES string of the molecule is [Cl][Cu][I].[Rb]. The number of hydrogen-bond donors (Lipinski definition) is 0. The summed E-state index contributed by atoms with van der Waals surface area (Å²) in [5.74, 6) is 0. The average Bonchev–Trinajstić information content (AvgIpc) is 0.918. The smallest absolute Gasteiger partial charge is 0 e. The predicted octanol–water partition coefficient (Wildman–Crippen LogP) is 1.19. The zero-order valence-electron chi connectivity index (χ0n) is 2.06. The second-order valence-electron chi connectivity index (χ2n) is 0.0431.